The van der Waals surface area contributed by atoms with Crippen molar-refractivity contribution in [1.29, 1.82) is 0 Å². The summed E-state index contributed by atoms with van der Waals surface area (Å²) in [7, 11) is 0. The minimum Gasteiger partial charge on any atom is -0.306 e. The first-order valence-electron chi connectivity index (χ1n) is 3.01. The van der Waals surface area contributed by atoms with Crippen LogP contribution >= 0.6 is 23.6 Å². The predicted octanol–water partition coefficient (Wildman–Crippen LogP) is 1.98. The maximum atomic E-state index is 10.6. The second-order valence-corrected chi connectivity index (χ2v) is 4.91. The van der Waals surface area contributed by atoms with Crippen LogP contribution in [0, 0.1) is 0 Å². The van der Waals surface area contributed by atoms with Crippen LogP contribution in [0.15, 0.2) is 0 Å². The highest BCUT2D eigenvalue weighted by Gasteiger charge is 2.35. The summed E-state index contributed by atoms with van der Waals surface area (Å²) >= 11 is 9.01. The molecular weight excluding hydrogens is 209 g/mol. The summed E-state index contributed by atoms with van der Waals surface area (Å²) in [6, 6.07) is 0. The van der Waals surface area contributed by atoms with Gasteiger partial charge in [0, 0.05) is 0 Å². The third-order valence-corrected chi connectivity index (χ3v) is 3.79. The Morgan fingerprint density at radius 2 is 1.91 bits per heavy atom. The van der Waals surface area contributed by atoms with Gasteiger partial charge in [0.15, 0.2) is 11.1 Å². The van der Waals surface area contributed by atoms with Crippen LogP contribution in [0.1, 0.15) is 20.8 Å². The van der Waals surface area contributed by atoms with E-state index in [9.17, 15) is 4.21 Å². The highest BCUT2D eigenvalue weighted by Crippen LogP contribution is 2.25. The molecule has 11 heavy (non-hydrogen) atoms. The van der Waals surface area contributed by atoms with E-state index in [1.807, 2.05) is 0 Å². The number of halogens is 2. The van der Waals surface area contributed by atoms with Crippen LogP contribution in [0.4, 0.5) is 0 Å². The SMILES string of the molecule is CC(S(=O)O)C(C)(C)N(Cl)Cl. The van der Waals surface area contributed by atoms with E-state index in [1.54, 1.807) is 20.8 Å². The largest absolute Gasteiger partial charge is 0.306 e. The molecule has 0 saturated carbocycles. The number of hydrogen-bond acceptors (Lipinski definition) is 2. The van der Waals surface area contributed by atoms with E-state index in [0.29, 0.717) is 0 Å². The summed E-state index contributed by atoms with van der Waals surface area (Å²) in [5, 5.41) is -0.502. The van der Waals surface area contributed by atoms with Crippen molar-refractivity contribution >= 4 is 34.6 Å². The van der Waals surface area contributed by atoms with Crippen molar-refractivity contribution in [2.45, 2.75) is 31.6 Å². The van der Waals surface area contributed by atoms with E-state index in [2.05, 4.69) is 0 Å². The molecule has 0 saturated heterocycles. The summed E-state index contributed by atoms with van der Waals surface area (Å²) in [6.07, 6.45) is 0. The number of hydrogen-bond donors (Lipinski definition) is 1. The zero-order valence-electron chi connectivity index (χ0n) is 6.54. The molecular formula is C5H11Cl2NO2S. The van der Waals surface area contributed by atoms with Crippen molar-refractivity contribution in [3.63, 3.8) is 0 Å². The monoisotopic (exact) mass is 219 g/mol. The molecule has 0 aliphatic rings. The van der Waals surface area contributed by atoms with Gasteiger partial charge in [0.05, 0.1) is 10.8 Å². The molecule has 0 rings (SSSR count). The zero-order valence-corrected chi connectivity index (χ0v) is 8.87. The van der Waals surface area contributed by atoms with Gasteiger partial charge in [-0.1, -0.05) is 0 Å². The third-order valence-electron chi connectivity index (χ3n) is 1.73. The Kier molecular flexibility index (Phi) is 4.29. The van der Waals surface area contributed by atoms with Gasteiger partial charge in [-0.3, -0.25) is 0 Å². The van der Waals surface area contributed by atoms with Gasteiger partial charge >= 0.3 is 0 Å². The first kappa shape index (κ1) is 11.6. The molecule has 0 radical (unpaired) electrons. The second kappa shape index (κ2) is 4.05. The van der Waals surface area contributed by atoms with Gasteiger partial charge in [0.25, 0.3) is 0 Å². The summed E-state index contributed by atoms with van der Waals surface area (Å²) in [4.78, 5) is 0. The van der Waals surface area contributed by atoms with E-state index >= 15 is 0 Å². The van der Waals surface area contributed by atoms with Gasteiger partial charge < -0.3 is 4.55 Å². The molecule has 0 amide bonds. The number of rotatable bonds is 3. The zero-order chi connectivity index (χ0) is 9.23. The van der Waals surface area contributed by atoms with E-state index in [0.717, 1.165) is 3.94 Å². The fraction of sp³-hybridized carbons (Fsp3) is 1.00. The van der Waals surface area contributed by atoms with Crippen LogP contribution < -0.4 is 0 Å². The van der Waals surface area contributed by atoms with Gasteiger partial charge in [0.2, 0.25) is 0 Å². The topological polar surface area (TPSA) is 40.5 Å². The fourth-order valence-electron chi connectivity index (χ4n) is 0.384. The Morgan fingerprint density at radius 3 is 2.00 bits per heavy atom. The third kappa shape index (κ3) is 2.87. The van der Waals surface area contributed by atoms with Crippen molar-refractivity contribution < 1.29 is 8.76 Å². The van der Waals surface area contributed by atoms with Crippen LogP contribution in [0.3, 0.4) is 0 Å². The molecule has 0 spiro atoms. The van der Waals surface area contributed by atoms with Gasteiger partial charge in [0.1, 0.15) is 0 Å². The molecule has 0 fully saturated rings. The molecule has 0 aromatic heterocycles. The molecule has 0 heterocycles. The average Bonchev–Trinajstić information content (AvgIpc) is 1.85. The fourth-order valence-corrected chi connectivity index (χ4v) is 1.39. The van der Waals surface area contributed by atoms with Crippen molar-refractivity contribution in [3.8, 4) is 0 Å². The quantitative estimate of drug-likeness (QED) is 0.584. The van der Waals surface area contributed by atoms with E-state index in [1.165, 1.54) is 0 Å². The molecule has 3 nitrogen and oxygen atoms in total. The predicted molar refractivity (Wildman–Crippen MR) is 47.9 cm³/mol. The van der Waals surface area contributed by atoms with Crippen molar-refractivity contribution in [3.05, 3.63) is 0 Å². The van der Waals surface area contributed by atoms with Crippen LogP contribution in [-0.2, 0) is 11.1 Å². The molecule has 0 aromatic carbocycles. The van der Waals surface area contributed by atoms with Crippen LogP contribution in [0.5, 0.6) is 0 Å². The highest BCUT2D eigenvalue weighted by atomic mass is 35.5. The lowest BCUT2D eigenvalue weighted by Gasteiger charge is -2.31. The minimum atomic E-state index is -1.91. The molecule has 1 N–H and O–H groups in total. The Balaban J connectivity index is 4.41. The van der Waals surface area contributed by atoms with E-state index in [-0.39, 0.29) is 0 Å². The average molecular weight is 220 g/mol. The summed E-state index contributed by atoms with van der Waals surface area (Å²) in [5.41, 5.74) is -0.706. The van der Waals surface area contributed by atoms with Crippen molar-refractivity contribution in [1.82, 2.24) is 3.94 Å². The normalized spacial score (nSPS) is 18.5. The Labute approximate surface area is 79.2 Å². The molecule has 0 aromatic rings. The van der Waals surface area contributed by atoms with Crippen molar-refractivity contribution in [2.24, 2.45) is 0 Å². The van der Waals surface area contributed by atoms with Crippen LogP contribution in [0.25, 0.3) is 0 Å². The molecule has 0 bridgehead atoms. The standard InChI is InChI=1S/C5H11Cl2NO2S/c1-4(11(9)10)5(2,3)8(6)7/h4H,1-3H3,(H,9,10). The van der Waals surface area contributed by atoms with Crippen LogP contribution in [0.2, 0.25) is 0 Å². The van der Waals surface area contributed by atoms with E-state index in [4.69, 9.17) is 28.1 Å². The molecule has 2 atom stereocenters. The van der Waals surface area contributed by atoms with Gasteiger partial charge in [-0.05, 0) is 44.3 Å². The highest BCUT2D eigenvalue weighted by molar-refractivity contribution is 7.80. The first-order valence-corrected chi connectivity index (χ1v) is 4.86. The summed E-state index contributed by atoms with van der Waals surface area (Å²) < 4.78 is 20.2. The molecule has 6 heteroatoms. The van der Waals surface area contributed by atoms with Gasteiger partial charge in [-0.15, -0.1) is 3.94 Å². The van der Waals surface area contributed by atoms with Gasteiger partial charge in [-0.25, -0.2) is 4.21 Å². The van der Waals surface area contributed by atoms with Gasteiger partial charge in [-0.2, -0.15) is 0 Å². The lowest BCUT2D eigenvalue weighted by molar-refractivity contribution is 0.337. The Morgan fingerprint density at radius 1 is 1.55 bits per heavy atom. The first-order chi connectivity index (χ1) is 4.80. The minimum absolute atomic E-state index is 0.502. The van der Waals surface area contributed by atoms with Crippen molar-refractivity contribution in [2.75, 3.05) is 0 Å². The number of nitrogens with zero attached hydrogens (tertiary/aromatic N) is 1. The van der Waals surface area contributed by atoms with E-state index < -0.39 is 21.9 Å². The lowest BCUT2D eigenvalue weighted by Crippen LogP contribution is -2.44. The smallest absolute Gasteiger partial charge is 0.157 e. The summed E-state index contributed by atoms with van der Waals surface area (Å²) in [6.45, 7) is 4.98. The summed E-state index contributed by atoms with van der Waals surface area (Å²) in [5.74, 6) is 0. The second-order valence-electron chi connectivity index (χ2n) is 2.80. The Hall–Kier alpha value is 0.650. The Bertz CT molecular complexity index is 163. The molecule has 0 aliphatic carbocycles. The van der Waals surface area contributed by atoms with Crippen LogP contribution in [-0.4, -0.2) is 23.5 Å². The maximum Gasteiger partial charge on any atom is 0.157 e. The molecule has 2 unspecified atom stereocenters. The molecule has 0 aliphatic heterocycles. The lowest BCUT2D eigenvalue weighted by atomic mass is 10.0. The maximum absolute atomic E-state index is 10.6. The molecule has 68 valence electrons.